The van der Waals surface area contributed by atoms with Crippen molar-refractivity contribution in [2.45, 2.75) is 19.9 Å². The molecule has 0 saturated heterocycles. The van der Waals surface area contributed by atoms with Crippen LogP contribution in [0.2, 0.25) is 5.02 Å². The van der Waals surface area contributed by atoms with Crippen molar-refractivity contribution < 1.29 is 9.53 Å². The summed E-state index contributed by atoms with van der Waals surface area (Å²) in [4.78, 5) is 13.9. The van der Waals surface area contributed by atoms with Crippen molar-refractivity contribution in [3.63, 3.8) is 0 Å². The first-order valence-corrected chi connectivity index (χ1v) is 8.39. The molecule has 24 heavy (non-hydrogen) atoms. The third-order valence-corrected chi connectivity index (χ3v) is 3.62. The zero-order valence-corrected chi connectivity index (χ0v) is 15.9. The quantitative estimate of drug-likeness (QED) is 0.838. The summed E-state index contributed by atoms with van der Waals surface area (Å²) in [5, 5.41) is 5.46. The highest BCUT2D eigenvalue weighted by Gasteiger charge is 2.12. The molecule has 0 radical (unpaired) electrons. The van der Waals surface area contributed by atoms with Crippen molar-refractivity contribution in [1.82, 2.24) is 10.2 Å². The maximum Gasteiger partial charge on any atom is 0.310 e. The topological polar surface area (TPSA) is 41.6 Å². The molecule has 0 saturated carbocycles. The van der Waals surface area contributed by atoms with E-state index in [4.69, 9.17) is 16.3 Å². The summed E-state index contributed by atoms with van der Waals surface area (Å²) in [6.45, 7) is 3.07. The van der Waals surface area contributed by atoms with Crippen LogP contribution in [0.5, 0.6) is 0 Å². The highest BCUT2D eigenvalue weighted by atomic mass is 35.5. The molecule has 0 atom stereocenters. The third-order valence-electron chi connectivity index (χ3n) is 3.26. The zero-order chi connectivity index (χ0) is 18.1. The van der Waals surface area contributed by atoms with Crippen LogP contribution >= 0.6 is 11.6 Å². The summed E-state index contributed by atoms with van der Waals surface area (Å²) in [5.41, 5.74) is 2.07. The Hall–Kier alpha value is -1.62. The van der Waals surface area contributed by atoms with Gasteiger partial charge in [0.05, 0.1) is 13.0 Å². The van der Waals surface area contributed by atoms with Crippen LogP contribution in [0.15, 0.2) is 30.3 Å². The maximum atomic E-state index is 11.7. The van der Waals surface area contributed by atoms with Gasteiger partial charge in [-0.15, -0.1) is 0 Å². The van der Waals surface area contributed by atoms with E-state index in [-0.39, 0.29) is 12.4 Å². The number of fused-ring (bicyclic) bond motifs is 1. The van der Waals surface area contributed by atoms with Gasteiger partial charge in [-0.25, -0.2) is 0 Å². The predicted molar refractivity (Wildman–Crippen MR) is 102 cm³/mol. The molecular weight excluding hydrogens is 324 g/mol. The average Bonchev–Trinajstić information content (AvgIpc) is 2.50. The fraction of sp³-hybridized carbons (Fsp3) is 0.421. The number of ether oxygens (including phenoxy) is 1. The maximum absolute atomic E-state index is 11.7. The van der Waals surface area contributed by atoms with Crippen LogP contribution in [0.25, 0.3) is 10.8 Å². The summed E-state index contributed by atoms with van der Waals surface area (Å²) < 4.78 is 5.02. The Morgan fingerprint density at radius 3 is 2.46 bits per heavy atom. The molecule has 0 unspecified atom stereocenters. The van der Waals surface area contributed by atoms with Crippen molar-refractivity contribution in [3.05, 3.63) is 46.5 Å². The van der Waals surface area contributed by atoms with Crippen LogP contribution in [0.4, 0.5) is 0 Å². The Labute approximate surface area is 149 Å². The number of carbonyl (C=O) groups is 1. The Kier molecular flexibility index (Phi) is 8.76. The van der Waals surface area contributed by atoms with Gasteiger partial charge in [0, 0.05) is 11.6 Å². The minimum atomic E-state index is -0.246. The molecule has 0 aliphatic rings. The number of nitrogens with one attached hydrogen (secondary N) is 1. The Morgan fingerprint density at radius 2 is 1.88 bits per heavy atom. The van der Waals surface area contributed by atoms with Gasteiger partial charge in [0.15, 0.2) is 0 Å². The number of halogens is 1. The SMILES string of the molecule is CCOC(=O)Cc1c(Cl)ccc2cc(CN(C)C)ccc12.CNC. The summed E-state index contributed by atoms with van der Waals surface area (Å²) in [7, 11) is 7.83. The Balaban J connectivity index is 0.000000891. The zero-order valence-electron chi connectivity index (χ0n) is 15.1. The van der Waals surface area contributed by atoms with Crippen LogP contribution in [0.1, 0.15) is 18.1 Å². The van der Waals surface area contributed by atoms with E-state index in [2.05, 4.69) is 22.3 Å². The largest absolute Gasteiger partial charge is 0.466 e. The van der Waals surface area contributed by atoms with Crippen molar-refractivity contribution >= 4 is 28.3 Å². The van der Waals surface area contributed by atoms with E-state index in [1.165, 1.54) is 5.56 Å². The van der Waals surface area contributed by atoms with Crippen molar-refractivity contribution in [2.75, 3.05) is 34.8 Å². The lowest BCUT2D eigenvalue weighted by atomic mass is 10.00. The van der Waals surface area contributed by atoms with Crippen LogP contribution < -0.4 is 5.32 Å². The normalized spacial score (nSPS) is 10.5. The standard InChI is InChI=1S/C17H20ClNO2.C2H7N/c1-4-21-17(20)10-15-14-7-5-12(11-19(2)3)9-13(14)6-8-16(15)18;1-3-2/h5-9H,4,10-11H2,1-3H3;3H,1-2H3. The summed E-state index contributed by atoms with van der Waals surface area (Å²) in [6.07, 6.45) is 0.205. The molecule has 2 rings (SSSR count). The van der Waals surface area contributed by atoms with E-state index in [9.17, 15) is 4.79 Å². The number of hydrogen-bond acceptors (Lipinski definition) is 4. The third kappa shape index (κ3) is 6.11. The fourth-order valence-corrected chi connectivity index (χ4v) is 2.65. The average molecular weight is 351 g/mol. The lowest BCUT2D eigenvalue weighted by Crippen LogP contribution is -2.10. The molecular formula is C19H27ClN2O2. The van der Waals surface area contributed by atoms with E-state index >= 15 is 0 Å². The van der Waals surface area contributed by atoms with Gasteiger partial charge in [-0.1, -0.05) is 29.8 Å². The van der Waals surface area contributed by atoms with Gasteiger partial charge in [0.2, 0.25) is 0 Å². The molecule has 0 fully saturated rings. The molecule has 132 valence electrons. The van der Waals surface area contributed by atoms with E-state index in [1.807, 2.05) is 46.4 Å². The molecule has 0 amide bonds. The Morgan fingerprint density at radius 1 is 1.21 bits per heavy atom. The van der Waals surface area contributed by atoms with E-state index in [1.54, 1.807) is 6.92 Å². The van der Waals surface area contributed by atoms with Gasteiger partial charge >= 0.3 is 5.97 Å². The van der Waals surface area contributed by atoms with Crippen molar-refractivity contribution in [3.8, 4) is 0 Å². The van der Waals surface area contributed by atoms with Gasteiger partial charge in [0.25, 0.3) is 0 Å². The van der Waals surface area contributed by atoms with Gasteiger partial charge in [-0.2, -0.15) is 0 Å². The summed E-state index contributed by atoms with van der Waals surface area (Å²) >= 11 is 6.26. The van der Waals surface area contributed by atoms with Gasteiger partial charge in [-0.3, -0.25) is 4.79 Å². The number of carbonyl (C=O) groups excluding carboxylic acids is 1. The molecule has 4 nitrogen and oxygen atoms in total. The minimum Gasteiger partial charge on any atom is -0.466 e. The van der Waals surface area contributed by atoms with Gasteiger partial charge < -0.3 is 15.0 Å². The molecule has 0 bridgehead atoms. The lowest BCUT2D eigenvalue weighted by Gasteiger charge is -2.13. The molecule has 5 heteroatoms. The minimum absolute atomic E-state index is 0.205. The highest BCUT2D eigenvalue weighted by molar-refractivity contribution is 6.32. The van der Waals surface area contributed by atoms with Crippen LogP contribution in [-0.4, -0.2) is 45.7 Å². The number of benzene rings is 2. The van der Waals surface area contributed by atoms with Crippen molar-refractivity contribution in [2.24, 2.45) is 0 Å². The number of rotatable bonds is 5. The molecule has 2 aromatic carbocycles. The van der Waals surface area contributed by atoms with Crippen LogP contribution in [0.3, 0.4) is 0 Å². The number of esters is 1. The first kappa shape index (κ1) is 20.4. The summed E-state index contributed by atoms with van der Waals surface area (Å²) in [6, 6.07) is 10.1. The number of nitrogens with zero attached hydrogens (tertiary/aromatic N) is 1. The second kappa shape index (κ2) is 10.3. The van der Waals surface area contributed by atoms with Crippen LogP contribution in [-0.2, 0) is 22.5 Å². The molecule has 0 heterocycles. The molecule has 1 N–H and O–H groups in total. The monoisotopic (exact) mass is 350 g/mol. The van der Waals surface area contributed by atoms with Gasteiger partial charge in [-0.05, 0) is 69.1 Å². The summed E-state index contributed by atoms with van der Waals surface area (Å²) in [5.74, 6) is -0.246. The second-order valence-electron chi connectivity index (χ2n) is 5.80. The molecule has 0 spiro atoms. The molecule has 0 aliphatic heterocycles. The molecule has 0 aromatic heterocycles. The predicted octanol–water partition coefficient (Wildman–Crippen LogP) is 3.50. The highest BCUT2D eigenvalue weighted by Crippen LogP contribution is 2.28. The van der Waals surface area contributed by atoms with Crippen molar-refractivity contribution in [1.29, 1.82) is 0 Å². The second-order valence-corrected chi connectivity index (χ2v) is 6.21. The van der Waals surface area contributed by atoms with E-state index in [0.29, 0.717) is 11.6 Å². The fourth-order valence-electron chi connectivity index (χ4n) is 2.42. The van der Waals surface area contributed by atoms with E-state index < -0.39 is 0 Å². The molecule has 2 aromatic rings. The van der Waals surface area contributed by atoms with E-state index in [0.717, 1.165) is 22.9 Å². The smallest absolute Gasteiger partial charge is 0.310 e. The van der Waals surface area contributed by atoms with Crippen LogP contribution in [0, 0.1) is 0 Å². The lowest BCUT2D eigenvalue weighted by molar-refractivity contribution is -0.142. The first-order valence-electron chi connectivity index (χ1n) is 8.01. The number of hydrogen-bond donors (Lipinski definition) is 1. The van der Waals surface area contributed by atoms with Gasteiger partial charge in [0.1, 0.15) is 0 Å². The molecule has 0 aliphatic carbocycles. The first-order chi connectivity index (χ1) is 11.4. The Bertz CT molecular complexity index is 672.